The van der Waals surface area contributed by atoms with Crippen molar-refractivity contribution >= 4 is 23.2 Å². The summed E-state index contributed by atoms with van der Waals surface area (Å²) in [6.45, 7) is 8.90. The summed E-state index contributed by atoms with van der Waals surface area (Å²) >= 11 is 1.58. The van der Waals surface area contributed by atoms with Crippen LogP contribution in [0.3, 0.4) is 0 Å². The van der Waals surface area contributed by atoms with Crippen molar-refractivity contribution in [2.75, 3.05) is 19.6 Å². The zero-order chi connectivity index (χ0) is 28.8. The molecule has 1 atom stereocenters. The van der Waals surface area contributed by atoms with Gasteiger partial charge in [-0.05, 0) is 68.0 Å². The van der Waals surface area contributed by atoms with Crippen molar-refractivity contribution in [3.63, 3.8) is 0 Å². The maximum Gasteiger partial charge on any atom is 0.254 e. The van der Waals surface area contributed by atoms with E-state index < -0.39 is 0 Å². The van der Waals surface area contributed by atoms with Gasteiger partial charge in [0.1, 0.15) is 11.3 Å². The van der Waals surface area contributed by atoms with Gasteiger partial charge in [-0.15, -0.1) is 11.3 Å². The fourth-order valence-corrected chi connectivity index (χ4v) is 5.94. The van der Waals surface area contributed by atoms with Gasteiger partial charge in [-0.2, -0.15) is 0 Å². The highest BCUT2D eigenvalue weighted by atomic mass is 32.1. The van der Waals surface area contributed by atoms with Crippen molar-refractivity contribution in [3.05, 3.63) is 87.5 Å². The van der Waals surface area contributed by atoms with E-state index in [-0.39, 0.29) is 17.9 Å². The Balaban J connectivity index is 1.22. The van der Waals surface area contributed by atoms with Gasteiger partial charge in [0.05, 0.1) is 12.2 Å². The van der Waals surface area contributed by atoms with Crippen molar-refractivity contribution in [3.8, 4) is 11.5 Å². The minimum absolute atomic E-state index is 0.0556. The van der Waals surface area contributed by atoms with Crippen LogP contribution in [0.25, 0.3) is 11.5 Å². The highest BCUT2D eigenvalue weighted by Crippen LogP contribution is 2.35. The number of aryl methyl sites for hydroxylation is 1. The van der Waals surface area contributed by atoms with Crippen LogP contribution in [-0.4, -0.2) is 51.3 Å². The number of likely N-dealkylation sites (tertiary alicyclic amines) is 1. The number of oxazole rings is 1. The Morgan fingerprint density at radius 3 is 2.76 bits per heavy atom. The smallest absolute Gasteiger partial charge is 0.254 e. The first kappa shape index (κ1) is 28.6. The lowest BCUT2D eigenvalue weighted by molar-refractivity contribution is 0.0735. The molecule has 1 fully saturated rings. The second-order valence-electron chi connectivity index (χ2n) is 10.7. The van der Waals surface area contributed by atoms with E-state index in [4.69, 9.17) is 4.42 Å². The maximum atomic E-state index is 13.7. The average molecular weight is 573 g/mol. The largest absolute Gasteiger partial charge is 0.445 e. The lowest BCUT2D eigenvalue weighted by Gasteiger charge is -2.23. The number of rotatable bonds is 11. The Bertz CT molecular complexity index is 1480. The average Bonchev–Trinajstić information content (AvgIpc) is 3.76. The summed E-state index contributed by atoms with van der Waals surface area (Å²) in [5.41, 5.74) is 4.75. The third kappa shape index (κ3) is 7.07. The summed E-state index contributed by atoms with van der Waals surface area (Å²) in [6, 6.07) is 7.26. The Kier molecular flexibility index (Phi) is 9.21. The van der Waals surface area contributed by atoms with E-state index in [1.54, 1.807) is 35.7 Å². The summed E-state index contributed by atoms with van der Waals surface area (Å²) in [7, 11) is 0. The van der Waals surface area contributed by atoms with E-state index in [9.17, 15) is 9.59 Å². The van der Waals surface area contributed by atoms with Crippen molar-refractivity contribution < 1.29 is 14.0 Å². The molecule has 3 aromatic heterocycles. The number of carbonyl (C=O) groups is 2. The van der Waals surface area contributed by atoms with Crippen molar-refractivity contribution in [1.29, 1.82) is 0 Å². The molecule has 2 amide bonds. The van der Waals surface area contributed by atoms with Gasteiger partial charge in [-0.25, -0.2) is 9.97 Å². The van der Waals surface area contributed by atoms with Crippen LogP contribution in [0, 0.1) is 6.92 Å². The van der Waals surface area contributed by atoms with Gasteiger partial charge in [0.15, 0.2) is 0 Å². The molecule has 1 aromatic carbocycles. The lowest BCUT2D eigenvalue weighted by atomic mass is 10.0. The molecule has 5 rings (SSSR count). The molecule has 0 radical (unpaired) electrons. The van der Waals surface area contributed by atoms with Gasteiger partial charge in [-0.1, -0.05) is 19.9 Å². The van der Waals surface area contributed by atoms with Gasteiger partial charge in [0.2, 0.25) is 5.89 Å². The molecule has 41 heavy (non-hydrogen) atoms. The van der Waals surface area contributed by atoms with Crippen LogP contribution in [0.15, 0.2) is 58.9 Å². The zero-order valence-electron chi connectivity index (χ0n) is 23.7. The summed E-state index contributed by atoms with van der Waals surface area (Å²) in [5.74, 6) is 0.440. The van der Waals surface area contributed by atoms with Crippen LogP contribution < -0.4 is 10.6 Å². The predicted octanol–water partition coefficient (Wildman–Crippen LogP) is 5.51. The molecule has 1 saturated heterocycles. The van der Waals surface area contributed by atoms with Gasteiger partial charge < -0.3 is 20.0 Å². The minimum atomic E-state index is -0.241. The standard InChI is InChI=1S/C31H36N6O3S/c1-20(2)26-12-22(17-33-18-26)16-32-7-5-8-34-28(38)23-13-24(29-35-9-11-40-29)15-25(14-23)31(39)37-10-4-6-27(37)30-36-21(3)19-41-30/h9,11-15,17-20,27,32H,4-8,10,16H2,1-3H3,(H,34,38)/t27-/m1/s1. The van der Waals surface area contributed by atoms with Gasteiger partial charge in [-0.3, -0.25) is 14.6 Å². The first-order valence-electron chi connectivity index (χ1n) is 14.1. The number of aromatic nitrogens is 3. The zero-order valence-corrected chi connectivity index (χ0v) is 24.5. The van der Waals surface area contributed by atoms with Gasteiger partial charge >= 0.3 is 0 Å². The third-order valence-electron chi connectivity index (χ3n) is 7.18. The number of carbonyl (C=O) groups excluding carboxylic acids is 2. The van der Waals surface area contributed by atoms with Crippen LogP contribution in [0.5, 0.6) is 0 Å². The van der Waals surface area contributed by atoms with E-state index in [1.807, 2.05) is 29.6 Å². The van der Waals surface area contributed by atoms with Crippen LogP contribution in [0.4, 0.5) is 0 Å². The Morgan fingerprint density at radius 1 is 1.15 bits per heavy atom. The molecule has 214 valence electrons. The maximum absolute atomic E-state index is 13.7. The monoisotopic (exact) mass is 572 g/mol. The highest BCUT2D eigenvalue weighted by Gasteiger charge is 2.33. The molecule has 0 spiro atoms. The molecule has 0 bridgehead atoms. The van der Waals surface area contributed by atoms with E-state index >= 15 is 0 Å². The van der Waals surface area contributed by atoms with E-state index in [1.165, 1.54) is 11.8 Å². The number of thiazole rings is 1. The number of hydrogen-bond acceptors (Lipinski definition) is 8. The summed E-state index contributed by atoms with van der Waals surface area (Å²) in [4.78, 5) is 42.0. The lowest BCUT2D eigenvalue weighted by Crippen LogP contribution is -2.31. The van der Waals surface area contributed by atoms with Crippen molar-refractivity contribution in [2.45, 2.75) is 58.5 Å². The van der Waals surface area contributed by atoms with E-state index in [0.717, 1.165) is 48.6 Å². The first-order valence-corrected chi connectivity index (χ1v) is 15.0. The van der Waals surface area contributed by atoms with E-state index in [0.29, 0.717) is 41.6 Å². The number of benzene rings is 1. The molecule has 0 aliphatic carbocycles. The quantitative estimate of drug-likeness (QED) is 0.228. The van der Waals surface area contributed by atoms with Crippen molar-refractivity contribution in [2.24, 2.45) is 0 Å². The number of pyridine rings is 1. The SMILES string of the molecule is Cc1csc([C@H]2CCCN2C(=O)c2cc(C(=O)NCCCNCc3cncc(C(C)C)c3)cc(-c3ncco3)c2)n1. The number of nitrogens with zero attached hydrogens (tertiary/aromatic N) is 4. The Hall–Kier alpha value is -3.89. The molecule has 4 aromatic rings. The fourth-order valence-electron chi connectivity index (χ4n) is 5.00. The van der Waals surface area contributed by atoms with Gasteiger partial charge in [0.25, 0.3) is 11.8 Å². The topological polar surface area (TPSA) is 113 Å². The third-order valence-corrected chi connectivity index (χ3v) is 8.25. The van der Waals surface area contributed by atoms with Crippen LogP contribution in [0.1, 0.15) is 87.6 Å². The molecule has 0 unspecified atom stereocenters. The molecule has 0 saturated carbocycles. The Morgan fingerprint density at radius 2 is 2.00 bits per heavy atom. The summed E-state index contributed by atoms with van der Waals surface area (Å²) in [5, 5.41) is 9.37. The van der Waals surface area contributed by atoms with E-state index in [2.05, 4.69) is 45.5 Å². The van der Waals surface area contributed by atoms with Crippen LogP contribution >= 0.6 is 11.3 Å². The normalized spacial score (nSPS) is 15.0. The van der Waals surface area contributed by atoms with Crippen LogP contribution in [-0.2, 0) is 6.54 Å². The number of hydrogen-bond donors (Lipinski definition) is 2. The number of nitrogens with one attached hydrogen (secondary N) is 2. The van der Waals surface area contributed by atoms with Gasteiger partial charge in [0, 0.05) is 59.8 Å². The molecular weight excluding hydrogens is 536 g/mol. The molecule has 4 heterocycles. The Labute approximate surface area is 244 Å². The molecule has 2 N–H and O–H groups in total. The predicted molar refractivity (Wildman–Crippen MR) is 159 cm³/mol. The first-order chi connectivity index (χ1) is 19.9. The van der Waals surface area contributed by atoms with Crippen LogP contribution in [0.2, 0.25) is 0 Å². The fraction of sp³-hybridized carbons (Fsp3) is 0.387. The molecule has 9 nitrogen and oxygen atoms in total. The number of amides is 2. The second kappa shape index (κ2) is 13.2. The molecule has 1 aliphatic heterocycles. The van der Waals surface area contributed by atoms with Crippen molar-refractivity contribution in [1.82, 2.24) is 30.5 Å². The molecular formula is C31H36N6O3S. The second-order valence-corrected chi connectivity index (χ2v) is 11.6. The molecule has 1 aliphatic rings. The minimum Gasteiger partial charge on any atom is -0.445 e. The summed E-state index contributed by atoms with van der Waals surface area (Å²) in [6.07, 6.45) is 9.36. The summed E-state index contributed by atoms with van der Waals surface area (Å²) < 4.78 is 5.50. The molecule has 10 heteroatoms. The highest BCUT2D eigenvalue weighted by molar-refractivity contribution is 7.09.